The van der Waals surface area contributed by atoms with Crippen molar-refractivity contribution in [2.75, 3.05) is 6.54 Å². The van der Waals surface area contributed by atoms with Crippen molar-refractivity contribution < 1.29 is 9.53 Å². The highest BCUT2D eigenvalue weighted by atomic mass is 16.5. The number of carbonyl (C=O) groups excluding carboxylic acids is 1. The molecular formula is C18H23N3O2. The predicted octanol–water partition coefficient (Wildman–Crippen LogP) is 2.89. The summed E-state index contributed by atoms with van der Waals surface area (Å²) >= 11 is 0. The largest absolute Gasteiger partial charge is 0.491 e. The molecule has 0 unspecified atom stereocenters. The maximum atomic E-state index is 11.8. The van der Waals surface area contributed by atoms with Gasteiger partial charge in [0, 0.05) is 31.6 Å². The molecule has 0 spiro atoms. The summed E-state index contributed by atoms with van der Waals surface area (Å²) < 4.78 is 7.62. The van der Waals surface area contributed by atoms with Crippen LogP contribution in [0.2, 0.25) is 0 Å². The number of hydrogen-bond acceptors (Lipinski definition) is 3. The lowest BCUT2D eigenvalue weighted by Crippen LogP contribution is -2.22. The Kier molecular flexibility index (Phi) is 6.41. The van der Waals surface area contributed by atoms with Gasteiger partial charge in [-0.25, -0.2) is 4.98 Å². The van der Waals surface area contributed by atoms with Crippen LogP contribution in [0.4, 0.5) is 0 Å². The molecule has 0 radical (unpaired) electrons. The lowest BCUT2D eigenvalue weighted by molar-refractivity contribution is -0.116. The molecule has 2 aromatic rings. The van der Waals surface area contributed by atoms with Gasteiger partial charge in [0.1, 0.15) is 5.75 Å². The first-order valence-corrected chi connectivity index (χ1v) is 7.82. The zero-order valence-corrected chi connectivity index (χ0v) is 13.6. The quantitative estimate of drug-likeness (QED) is 0.602. The predicted molar refractivity (Wildman–Crippen MR) is 91.1 cm³/mol. The normalized spacial score (nSPS) is 11.1. The molecule has 1 N–H and O–H groups in total. The average Bonchev–Trinajstić information content (AvgIpc) is 3.03. The van der Waals surface area contributed by atoms with E-state index in [1.54, 1.807) is 24.7 Å². The Morgan fingerprint density at radius 3 is 3.04 bits per heavy atom. The molecule has 2 rings (SSSR count). The first kappa shape index (κ1) is 16.8. The van der Waals surface area contributed by atoms with Crippen molar-refractivity contribution in [2.24, 2.45) is 0 Å². The Bertz CT molecular complexity index is 633. The van der Waals surface area contributed by atoms with Gasteiger partial charge in [0.15, 0.2) is 0 Å². The number of hydrogen-bond donors (Lipinski definition) is 1. The fourth-order valence-corrected chi connectivity index (χ4v) is 2.09. The summed E-state index contributed by atoms with van der Waals surface area (Å²) in [5.41, 5.74) is 0.941. The molecule has 1 heterocycles. The maximum Gasteiger partial charge on any atom is 0.244 e. The van der Waals surface area contributed by atoms with Crippen LogP contribution in [0, 0.1) is 0 Å². The van der Waals surface area contributed by atoms with Crippen LogP contribution in [0.1, 0.15) is 25.8 Å². The zero-order valence-electron chi connectivity index (χ0n) is 13.6. The Balaban J connectivity index is 1.74. The van der Waals surface area contributed by atoms with Gasteiger partial charge in [-0.3, -0.25) is 4.79 Å². The van der Waals surface area contributed by atoms with E-state index in [-0.39, 0.29) is 12.0 Å². The van der Waals surface area contributed by atoms with Crippen LogP contribution in [-0.2, 0) is 11.3 Å². The molecule has 23 heavy (non-hydrogen) atoms. The SMILES string of the molecule is CC(C)Oc1cccc(C=CC(=O)NCCCn2ccnc2)c1. The van der Waals surface area contributed by atoms with Gasteiger partial charge in [-0.15, -0.1) is 0 Å². The molecule has 0 saturated carbocycles. The van der Waals surface area contributed by atoms with E-state index in [1.165, 1.54) is 0 Å². The van der Waals surface area contributed by atoms with Crippen molar-refractivity contribution in [1.82, 2.24) is 14.9 Å². The summed E-state index contributed by atoms with van der Waals surface area (Å²) in [6.45, 7) is 5.45. The van der Waals surface area contributed by atoms with E-state index in [4.69, 9.17) is 4.74 Å². The Morgan fingerprint density at radius 2 is 2.30 bits per heavy atom. The molecule has 0 aliphatic rings. The van der Waals surface area contributed by atoms with Crippen LogP contribution in [0.25, 0.3) is 6.08 Å². The molecule has 1 amide bonds. The molecule has 5 heteroatoms. The van der Waals surface area contributed by atoms with Crippen molar-refractivity contribution in [3.05, 3.63) is 54.6 Å². The van der Waals surface area contributed by atoms with E-state index in [1.807, 2.05) is 48.9 Å². The molecule has 0 fully saturated rings. The van der Waals surface area contributed by atoms with E-state index >= 15 is 0 Å². The number of ether oxygens (including phenoxy) is 1. The number of rotatable bonds is 8. The molecule has 122 valence electrons. The van der Waals surface area contributed by atoms with Gasteiger partial charge < -0.3 is 14.6 Å². The van der Waals surface area contributed by atoms with E-state index in [2.05, 4.69) is 10.3 Å². The second-order valence-electron chi connectivity index (χ2n) is 5.52. The van der Waals surface area contributed by atoms with Crippen molar-refractivity contribution >= 4 is 12.0 Å². The van der Waals surface area contributed by atoms with Gasteiger partial charge in [-0.1, -0.05) is 12.1 Å². The van der Waals surface area contributed by atoms with Gasteiger partial charge in [-0.05, 0) is 44.0 Å². The third-order valence-corrected chi connectivity index (χ3v) is 3.11. The maximum absolute atomic E-state index is 11.8. The molecule has 0 saturated heterocycles. The topological polar surface area (TPSA) is 56.1 Å². The van der Waals surface area contributed by atoms with Crippen molar-refractivity contribution in [3.63, 3.8) is 0 Å². The number of nitrogens with one attached hydrogen (secondary N) is 1. The second-order valence-corrected chi connectivity index (χ2v) is 5.52. The standard InChI is InChI=1S/C18H23N3O2/c1-15(2)23-17-6-3-5-16(13-17)7-8-18(22)20-9-4-11-21-12-10-19-14-21/h3,5-8,10,12-15H,4,9,11H2,1-2H3,(H,20,22). The van der Waals surface area contributed by atoms with Crippen LogP contribution >= 0.6 is 0 Å². The summed E-state index contributed by atoms with van der Waals surface area (Å²) in [5.74, 6) is 0.716. The molecule has 0 bridgehead atoms. The summed E-state index contributed by atoms with van der Waals surface area (Å²) in [5, 5.41) is 2.87. The van der Waals surface area contributed by atoms with Crippen LogP contribution < -0.4 is 10.1 Å². The van der Waals surface area contributed by atoms with E-state index < -0.39 is 0 Å². The average molecular weight is 313 g/mol. The summed E-state index contributed by atoms with van der Waals surface area (Å²) in [7, 11) is 0. The van der Waals surface area contributed by atoms with Gasteiger partial charge in [0.2, 0.25) is 5.91 Å². The van der Waals surface area contributed by atoms with E-state index in [9.17, 15) is 4.79 Å². The fourth-order valence-electron chi connectivity index (χ4n) is 2.09. The molecule has 0 atom stereocenters. The first-order valence-electron chi connectivity index (χ1n) is 7.82. The summed E-state index contributed by atoms with van der Waals surface area (Å²) in [6, 6.07) is 7.69. The number of amides is 1. The smallest absolute Gasteiger partial charge is 0.244 e. The third kappa shape index (κ3) is 6.38. The van der Waals surface area contributed by atoms with Crippen molar-refractivity contribution in [2.45, 2.75) is 32.9 Å². The highest BCUT2D eigenvalue weighted by molar-refractivity contribution is 5.91. The van der Waals surface area contributed by atoms with Crippen LogP contribution in [0.15, 0.2) is 49.1 Å². The van der Waals surface area contributed by atoms with Crippen molar-refractivity contribution in [1.29, 1.82) is 0 Å². The minimum absolute atomic E-state index is 0.0918. The highest BCUT2D eigenvalue weighted by Crippen LogP contribution is 2.15. The molecule has 0 aliphatic heterocycles. The Morgan fingerprint density at radius 1 is 1.43 bits per heavy atom. The molecular weight excluding hydrogens is 290 g/mol. The Labute approximate surface area is 137 Å². The minimum atomic E-state index is -0.0918. The molecule has 0 aliphatic carbocycles. The van der Waals surface area contributed by atoms with Crippen LogP contribution in [0.5, 0.6) is 5.75 Å². The van der Waals surface area contributed by atoms with E-state index in [0.29, 0.717) is 6.54 Å². The summed E-state index contributed by atoms with van der Waals surface area (Å²) in [6.07, 6.45) is 9.77. The number of nitrogens with zero attached hydrogens (tertiary/aromatic N) is 2. The summed E-state index contributed by atoms with van der Waals surface area (Å²) in [4.78, 5) is 15.8. The molecule has 5 nitrogen and oxygen atoms in total. The van der Waals surface area contributed by atoms with Gasteiger partial charge in [-0.2, -0.15) is 0 Å². The first-order chi connectivity index (χ1) is 11.1. The van der Waals surface area contributed by atoms with E-state index in [0.717, 1.165) is 24.3 Å². The molecule has 1 aromatic carbocycles. The number of benzene rings is 1. The van der Waals surface area contributed by atoms with Gasteiger partial charge >= 0.3 is 0 Å². The monoisotopic (exact) mass is 313 g/mol. The lowest BCUT2D eigenvalue weighted by atomic mass is 10.2. The van der Waals surface area contributed by atoms with Gasteiger partial charge in [0.25, 0.3) is 0 Å². The van der Waals surface area contributed by atoms with Gasteiger partial charge in [0.05, 0.1) is 12.4 Å². The number of aryl methyl sites for hydroxylation is 1. The molecule has 1 aromatic heterocycles. The lowest BCUT2D eigenvalue weighted by Gasteiger charge is -2.09. The zero-order chi connectivity index (χ0) is 16.5. The van der Waals surface area contributed by atoms with Crippen LogP contribution in [-0.4, -0.2) is 28.1 Å². The fraction of sp³-hybridized carbons (Fsp3) is 0.333. The Hall–Kier alpha value is -2.56. The highest BCUT2D eigenvalue weighted by Gasteiger charge is 1.99. The third-order valence-electron chi connectivity index (χ3n) is 3.11. The second kappa shape index (κ2) is 8.78. The number of aromatic nitrogens is 2. The van der Waals surface area contributed by atoms with Crippen LogP contribution in [0.3, 0.4) is 0 Å². The minimum Gasteiger partial charge on any atom is -0.491 e. The number of imidazole rings is 1. The van der Waals surface area contributed by atoms with Crippen molar-refractivity contribution in [3.8, 4) is 5.75 Å². The number of carbonyl (C=O) groups is 1.